The van der Waals surface area contributed by atoms with Crippen LogP contribution in [-0.2, 0) is 9.59 Å². The molecule has 0 fully saturated rings. The minimum Gasteiger partial charge on any atom is -0.481 e. The Morgan fingerprint density at radius 3 is 2.33 bits per heavy atom. The molecule has 0 aromatic heterocycles. The highest BCUT2D eigenvalue weighted by molar-refractivity contribution is 6.18. The zero-order valence-corrected chi connectivity index (χ0v) is 9.96. The van der Waals surface area contributed by atoms with E-state index in [9.17, 15) is 19.3 Å². The molecule has 0 aliphatic carbocycles. The molecule has 0 spiro atoms. The third-order valence-corrected chi connectivity index (χ3v) is 2.04. The molecule has 102 valence electrons. The summed E-state index contributed by atoms with van der Waals surface area (Å²) in [5.41, 5.74) is 0. The number of nitroso groups, excluding NO2 is 1. The van der Waals surface area contributed by atoms with Gasteiger partial charge in [-0.05, 0) is 6.42 Å². The number of carboxylic acids is 2. The van der Waals surface area contributed by atoms with Crippen LogP contribution < -0.4 is 5.32 Å². The number of amides is 2. The largest absolute Gasteiger partial charge is 0.481 e. The van der Waals surface area contributed by atoms with Crippen LogP contribution in [0, 0.1) is 4.91 Å². The Kier molecular flexibility index (Phi) is 7.36. The molecule has 1 atom stereocenters. The summed E-state index contributed by atoms with van der Waals surface area (Å²) in [6.45, 7) is -0.178. The van der Waals surface area contributed by atoms with Crippen LogP contribution >= 0.6 is 11.6 Å². The molecule has 18 heavy (non-hydrogen) atoms. The lowest BCUT2D eigenvalue weighted by Gasteiger charge is -2.17. The second-order valence-electron chi connectivity index (χ2n) is 3.17. The summed E-state index contributed by atoms with van der Waals surface area (Å²) in [4.78, 5) is 42.7. The molecule has 0 heterocycles. The van der Waals surface area contributed by atoms with Gasteiger partial charge >= 0.3 is 18.0 Å². The van der Waals surface area contributed by atoms with E-state index in [1.807, 2.05) is 5.32 Å². The predicted molar refractivity (Wildman–Crippen MR) is 60.0 cm³/mol. The first-order valence-corrected chi connectivity index (χ1v) is 5.37. The number of carbonyl (C=O) groups is 3. The van der Waals surface area contributed by atoms with Gasteiger partial charge in [0.25, 0.3) is 0 Å². The Morgan fingerprint density at radius 2 is 1.94 bits per heavy atom. The number of carboxylic acid groups (broad SMARTS) is 2. The van der Waals surface area contributed by atoms with Gasteiger partial charge in [-0.3, -0.25) is 4.79 Å². The van der Waals surface area contributed by atoms with Crippen LogP contribution in [0.25, 0.3) is 0 Å². The lowest BCUT2D eigenvalue weighted by molar-refractivity contribution is -0.140. The van der Waals surface area contributed by atoms with Gasteiger partial charge in [0.2, 0.25) is 0 Å². The van der Waals surface area contributed by atoms with Crippen LogP contribution in [0.5, 0.6) is 0 Å². The zero-order chi connectivity index (χ0) is 14.1. The number of hydrogen-bond donors (Lipinski definition) is 3. The molecule has 0 aromatic carbocycles. The van der Waals surface area contributed by atoms with Gasteiger partial charge < -0.3 is 15.5 Å². The number of alkyl halides is 1. The van der Waals surface area contributed by atoms with Gasteiger partial charge in [-0.2, -0.15) is 5.01 Å². The van der Waals surface area contributed by atoms with Crippen molar-refractivity contribution in [3.05, 3.63) is 4.91 Å². The molecule has 0 aromatic rings. The van der Waals surface area contributed by atoms with E-state index in [2.05, 4.69) is 5.29 Å². The standard InChI is InChI=1S/C8H12ClN3O6/c9-3-4-12(11-18)8(17)10-5(7(15)16)1-2-6(13)14/h5H,1-4H2,(H,10,17)(H,13,14)(H,15,16). The molecule has 0 aliphatic rings. The van der Waals surface area contributed by atoms with Gasteiger partial charge in [-0.25, -0.2) is 9.59 Å². The van der Waals surface area contributed by atoms with Crippen molar-refractivity contribution >= 4 is 29.6 Å². The van der Waals surface area contributed by atoms with E-state index >= 15 is 0 Å². The van der Waals surface area contributed by atoms with Gasteiger partial charge in [0.1, 0.15) is 6.04 Å². The number of nitrogens with one attached hydrogen (secondary N) is 1. The Hall–Kier alpha value is -1.90. The minimum absolute atomic E-state index is 0.0496. The fraction of sp³-hybridized carbons (Fsp3) is 0.625. The molecular formula is C8H12ClN3O6. The van der Waals surface area contributed by atoms with E-state index in [-0.39, 0.29) is 18.8 Å². The van der Waals surface area contributed by atoms with Crippen molar-refractivity contribution in [2.24, 2.45) is 5.29 Å². The highest BCUT2D eigenvalue weighted by Crippen LogP contribution is 2.00. The summed E-state index contributed by atoms with van der Waals surface area (Å²) < 4.78 is 0. The lowest BCUT2D eigenvalue weighted by Crippen LogP contribution is -2.46. The summed E-state index contributed by atoms with van der Waals surface area (Å²) in [5.74, 6) is -2.64. The summed E-state index contributed by atoms with van der Waals surface area (Å²) in [7, 11) is 0. The molecule has 0 saturated carbocycles. The average Bonchev–Trinajstić information content (AvgIpc) is 2.30. The van der Waals surface area contributed by atoms with Crippen molar-refractivity contribution in [1.82, 2.24) is 10.3 Å². The van der Waals surface area contributed by atoms with Gasteiger partial charge in [0.15, 0.2) is 0 Å². The fourth-order valence-corrected chi connectivity index (χ4v) is 1.17. The molecule has 10 heteroatoms. The van der Waals surface area contributed by atoms with Crippen molar-refractivity contribution in [3.8, 4) is 0 Å². The van der Waals surface area contributed by atoms with Crippen LogP contribution in [0.2, 0.25) is 0 Å². The maximum Gasteiger partial charge on any atom is 0.341 e. The average molecular weight is 282 g/mol. The number of rotatable bonds is 8. The Bertz CT molecular complexity index is 337. The van der Waals surface area contributed by atoms with E-state index in [0.717, 1.165) is 0 Å². The summed E-state index contributed by atoms with van der Waals surface area (Å²) in [6, 6.07) is -2.45. The third-order valence-electron chi connectivity index (χ3n) is 1.87. The quantitative estimate of drug-likeness (QED) is 0.331. The van der Waals surface area contributed by atoms with Crippen molar-refractivity contribution in [2.75, 3.05) is 12.4 Å². The number of urea groups is 1. The monoisotopic (exact) mass is 281 g/mol. The smallest absolute Gasteiger partial charge is 0.341 e. The zero-order valence-electron chi connectivity index (χ0n) is 9.21. The molecule has 3 N–H and O–H groups in total. The van der Waals surface area contributed by atoms with Crippen LogP contribution in [-0.4, -0.2) is 51.7 Å². The predicted octanol–water partition coefficient (Wildman–Crippen LogP) is 0.236. The second-order valence-corrected chi connectivity index (χ2v) is 3.54. The summed E-state index contributed by atoms with van der Waals surface area (Å²) >= 11 is 5.31. The molecule has 0 saturated heterocycles. The van der Waals surface area contributed by atoms with E-state index in [1.165, 1.54) is 0 Å². The molecule has 9 nitrogen and oxygen atoms in total. The number of carbonyl (C=O) groups excluding carboxylic acids is 1. The molecular weight excluding hydrogens is 270 g/mol. The second kappa shape index (κ2) is 8.23. The highest BCUT2D eigenvalue weighted by atomic mass is 35.5. The first-order chi connectivity index (χ1) is 8.42. The molecule has 0 rings (SSSR count). The van der Waals surface area contributed by atoms with E-state index in [1.54, 1.807) is 0 Å². The van der Waals surface area contributed by atoms with Crippen molar-refractivity contribution < 1.29 is 24.6 Å². The van der Waals surface area contributed by atoms with Crippen LogP contribution in [0.1, 0.15) is 12.8 Å². The van der Waals surface area contributed by atoms with E-state index in [0.29, 0.717) is 5.01 Å². The van der Waals surface area contributed by atoms with Gasteiger partial charge in [0.05, 0.1) is 11.8 Å². The minimum atomic E-state index is -1.41. The molecule has 0 bridgehead atoms. The summed E-state index contributed by atoms with van der Waals surface area (Å²) in [5, 5.41) is 21.9. The topological polar surface area (TPSA) is 136 Å². The Morgan fingerprint density at radius 1 is 1.33 bits per heavy atom. The first kappa shape index (κ1) is 16.1. The molecule has 0 aliphatic heterocycles. The summed E-state index contributed by atoms with van der Waals surface area (Å²) in [6.07, 6.45) is -0.731. The van der Waals surface area contributed by atoms with Gasteiger partial charge in [0, 0.05) is 12.3 Å². The molecule has 2 amide bonds. The highest BCUT2D eigenvalue weighted by Gasteiger charge is 2.24. The van der Waals surface area contributed by atoms with E-state index < -0.39 is 30.4 Å². The van der Waals surface area contributed by atoms with Crippen molar-refractivity contribution in [1.29, 1.82) is 0 Å². The number of aliphatic carboxylic acids is 2. The van der Waals surface area contributed by atoms with Crippen molar-refractivity contribution in [3.63, 3.8) is 0 Å². The lowest BCUT2D eigenvalue weighted by atomic mass is 10.1. The van der Waals surface area contributed by atoms with Crippen molar-refractivity contribution in [2.45, 2.75) is 18.9 Å². The number of hydrogen-bond acceptors (Lipinski definition) is 5. The first-order valence-electron chi connectivity index (χ1n) is 4.84. The van der Waals surface area contributed by atoms with E-state index in [4.69, 9.17) is 21.8 Å². The normalized spacial score (nSPS) is 11.4. The fourth-order valence-electron chi connectivity index (χ4n) is 1.01. The maximum atomic E-state index is 11.4. The molecule has 0 radical (unpaired) electrons. The SMILES string of the molecule is O=NN(CCCl)C(=O)NC(CCC(=O)O)C(=O)O. The number of nitrogens with zero attached hydrogens (tertiary/aromatic N) is 2. The third kappa shape index (κ3) is 5.99. The maximum absolute atomic E-state index is 11.4. The van der Waals surface area contributed by atoms with Gasteiger partial charge in [-0.15, -0.1) is 16.5 Å². The van der Waals surface area contributed by atoms with Crippen LogP contribution in [0.15, 0.2) is 5.29 Å². The Balaban J connectivity index is 4.47. The van der Waals surface area contributed by atoms with Gasteiger partial charge in [-0.1, -0.05) is 0 Å². The Labute approximate surface area is 107 Å². The molecule has 1 unspecified atom stereocenters. The number of halogens is 1. The van der Waals surface area contributed by atoms with Crippen LogP contribution in [0.4, 0.5) is 4.79 Å². The van der Waals surface area contributed by atoms with Crippen LogP contribution in [0.3, 0.4) is 0 Å².